The first kappa shape index (κ1) is 11.1. The Morgan fingerprint density at radius 1 is 1.25 bits per heavy atom. The van der Waals surface area contributed by atoms with Crippen molar-refractivity contribution in [3.63, 3.8) is 0 Å². The largest absolute Gasteiger partial charge is 0.340 e. The van der Waals surface area contributed by atoms with Crippen LogP contribution in [0, 0.1) is 5.82 Å². The third kappa shape index (κ3) is 2.79. The molecule has 0 spiro atoms. The Labute approximate surface area is 94.3 Å². The highest BCUT2D eigenvalue weighted by Gasteiger charge is 2.15. The van der Waals surface area contributed by atoms with Crippen LogP contribution in [0.5, 0.6) is 0 Å². The first-order chi connectivity index (χ1) is 7.75. The summed E-state index contributed by atoms with van der Waals surface area (Å²) in [6.07, 6.45) is 0.361. The maximum atomic E-state index is 12.7. The molecule has 0 unspecified atom stereocenters. The van der Waals surface area contributed by atoms with Crippen LogP contribution in [0.15, 0.2) is 24.3 Å². The van der Waals surface area contributed by atoms with Crippen molar-refractivity contribution in [2.45, 2.75) is 6.42 Å². The molecule has 0 aliphatic carbocycles. The van der Waals surface area contributed by atoms with E-state index in [4.69, 9.17) is 0 Å². The monoisotopic (exact) mass is 222 g/mol. The average Bonchev–Trinajstić information content (AvgIpc) is 2.33. The molecule has 86 valence electrons. The molecule has 1 aliphatic heterocycles. The van der Waals surface area contributed by atoms with Crippen molar-refractivity contribution < 1.29 is 9.18 Å². The number of piperazine rings is 1. The van der Waals surface area contributed by atoms with Gasteiger partial charge >= 0.3 is 0 Å². The highest BCUT2D eigenvalue weighted by Crippen LogP contribution is 2.06. The second-order valence-corrected chi connectivity index (χ2v) is 3.93. The minimum absolute atomic E-state index is 0.119. The highest BCUT2D eigenvalue weighted by atomic mass is 19.1. The topological polar surface area (TPSA) is 32.3 Å². The van der Waals surface area contributed by atoms with Crippen LogP contribution in [0.3, 0.4) is 0 Å². The molecule has 4 heteroatoms. The quantitative estimate of drug-likeness (QED) is 0.802. The van der Waals surface area contributed by atoms with Crippen molar-refractivity contribution in [1.82, 2.24) is 10.2 Å². The van der Waals surface area contributed by atoms with Gasteiger partial charge in [0.05, 0.1) is 6.42 Å². The first-order valence-corrected chi connectivity index (χ1v) is 5.48. The van der Waals surface area contributed by atoms with Crippen molar-refractivity contribution >= 4 is 5.91 Å². The number of amides is 1. The third-order valence-corrected chi connectivity index (χ3v) is 2.74. The third-order valence-electron chi connectivity index (χ3n) is 2.74. The summed E-state index contributed by atoms with van der Waals surface area (Å²) < 4.78 is 12.7. The molecule has 0 saturated carbocycles. The van der Waals surface area contributed by atoms with Crippen LogP contribution in [-0.2, 0) is 11.2 Å². The van der Waals surface area contributed by atoms with Gasteiger partial charge in [0.1, 0.15) is 5.82 Å². The molecule has 0 radical (unpaired) electrons. The molecule has 1 aromatic rings. The number of carbonyl (C=O) groups is 1. The number of benzene rings is 1. The van der Waals surface area contributed by atoms with Crippen molar-refractivity contribution in [3.8, 4) is 0 Å². The highest BCUT2D eigenvalue weighted by molar-refractivity contribution is 5.78. The van der Waals surface area contributed by atoms with E-state index >= 15 is 0 Å². The van der Waals surface area contributed by atoms with Crippen LogP contribution in [0.4, 0.5) is 4.39 Å². The molecule has 3 nitrogen and oxygen atoms in total. The standard InChI is InChI=1S/C12H15FN2O/c13-11-3-1-10(2-4-11)9-12(16)15-7-5-14-6-8-15/h1-4,14H,5-9H2. The van der Waals surface area contributed by atoms with Gasteiger partial charge in [-0.25, -0.2) is 4.39 Å². The molecule has 1 aliphatic rings. The summed E-state index contributed by atoms with van der Waals surface area (Å²) in [6, 6.07) is 6.10. The number of halogens is 1. The Kier molecular flexibility index (Phi) is 3.51. The lowest BCUT2D eigenvalue weighted by Gasteiger charge is -2.27. The molecule has 1 aromatic carbocycles. The van der Waals surface area contributed by atoms with Gasteiger partial charge in [-0.1, -0.05) is 12.1 Å². The van der Waals surface area contributed by atoms with Crippen molar-refractivity contribution in [2.24, 2.45) is 0 Å². The molecule has 1 amide bonds. The van der Waals surface area contributed by atoms with E-state index in [0.29, 0.717) is 6.42 Å². The minimum Gasteiger partial charge on any atom is -0.340 e. The zero-order valence-electron chi connectivity index (χ0n) is 9.08. The Balaban J connectivity index is 1.93. The molecule has 0 atom stereocenters. The number of nitrogens with one attached hydrogen (secondary N) is 1. The molecular formula is C12H15FN2O. The van der Waals surface area contributed by atoms with Crippen LogP contribution >= 0.6 is 0 Å². The number of nitrogens with zero attached hydrogens (tertiary/aromatic N) is 1. The summed E-state index contributed by atoms with van der Waals surface area (Å²) in [5, 5.41) is 3.20. The van der Waals surface area contributed by atoms with Gasteiger partial charge in [-0.3, -0.25) is 4.79 Å². The van der Waals surface area contributed by atoms with Gasteiger partial charge in [0.2, 0.25) is 5.91 Å². The summed E-state index contributed by atoms with van der Waals surface area (Å²) in [5.41, 5.74) is 0.866. The fourth-order valence-electron chi connectivity index (χ4n) is 1.80. The maximum absolute atomic E-state index is 12.7. The summed E-state index contributed by atoms with van der Waals surface area (Å²) in [7, 11) is 0. The summed E-state index contributed by atoms with van der Waals surface area (Å²) in [4.78, 5) is 13.7. The SMILES string of the molecule is O=C(Cc1ccc(F)cc1)N1CCNCC1. The number of carbonyl (C=O) groups excluding carboxylic acids is 1. The Bertz CT molecular complexity index is 358. The van der Waals surface area contributed by atoms with Crippen molar-refractivity contribution in [1.29, 1.82) is 0 Å². The molecule has 1 heterocycles. The average molecular weight is 222 g/mol. The molecule has 16 heavy (non-hydrogen) atoms. The molecule has 0 aromatic heterocycles. The lowest BCUT2D eigenvalue weighted by molar-refractivity contribution is -0.131. The summed E-state index contributed by atoms with van der Waals surface area (Å²) in [5.74, 6) is -0.147. The Hall–Kier alpha value is -1.42. The molecule has 1 saturated heterocycles. The fourth-order valence-corrected chi connectivity index (χ4v) is 1.80. The van der Waals surface area contributed by atoms with E-state index < -0.39 is 0 Å². The van der Waals surface area contributed by atoms with Crippen LogP contribution in [0.1, 0.15) is 5.56 Å². The van der Waals surface area contributed by atoms with Crippen LogP contribution < -0.4 is 5.32 Å². The van der Waals surface area contributed by atoms with Gasteiger partial charge in [-0.2, -0.15) is 0 Å². The van der Waals surface area contributed by atoms with Gasteiger partial charge in [0, 0.05) is 26.2 Å². The predicted octanol–water partition coefficient (Wildman–Crippen LogP) is 0.800. The minimum atomic E-state index is -0.265. The van der Waals surface area contributed by atoms with E-state index in [1.807, 2.05) is 4.90 Å². The van der Waals surface area contributed by atoms with Crippen LogP contribution in [0.2, 0.25) is 0 Å². The Morgan fingerprint density at radius 2 is 1.88 bits per heavy atom. The lowest BCUT2D eigenvalue weighted by Crippen LogP contribution is -2.46. The smallest absolute Gasteiger partial charge is 0.227 e. The van der Waals surface area contributed by atoms with Gasteiger partial charge in [-0.05, 0) is 17.7 Å². The number of hydrogen-bond acceptors (Lipinski definition) is 2. The number of rotatable bonds is 2. The predicted molar refractivity (Wildman–Crippen MR) is 59.6 cm³/mol. The van der Waals surface area contributed by atoms with Crippen molar-refractivity contribution in [3.05, 3.63) is 35.6 Å². The lowest BCUT2D eigenvalue weighted by atomic mass is 10.1. The summed E-state index contributed by atoms with van der Waals surface area (Å²) >= 11 is 0. The van der Waals surface area contributed by atoms with Gasteiger partial charge in [0.25, 0.3) is 0 Å². The molecular weight excluding hydrogens is 207 g/mol. The van der Waals surface area contributed by atoms with E-state index in [9.17, 15) is 9.18 Å². The zero-order valence-corrected chi connectivity index (χ0v) is 9.08. The first-order valence-electron chi connectivity index (χ1n) is 5.48. The number of hydrogen-bond donors (Lipinski definition) is 1. The van der Waals surface area contributed by atoms with E-state index in [2.05, 4.69) is 5.32 Å². The summed E-state index contributed by atoms with van der Waals surface area (Å²) in [6.45, 7) is 3.24. The van der Waals surface area contributed by atoms with Crippen molar-refractivity contribution in [2.75, 3.05) is 26.2 Å². The zero-order chi connectivity index (χ0) is 11.4. The van der Waals surface area contributed by atoms with Crippen LogP contribution in [0.25, 0.3) is 0 Å². The van der Waals surface area contributed by atoms with Gasteiger partial charge in [-0.15, -0.1) is 0 Å². The molecule has 1 N–H and O–H groups in total. The second kappa shape index (κ2) is 5.07. The van der Waals surface area contributed by atoms with Gasteiger partial charge in [0.15, 0.2) is 0 Å². The van der Waals surface area contributed by atoms with Gasteiger partial charge < -0.3 is 10.2 Å². The fraction of sp³-hybridized carbons (Fsp3) is 0.417. The Morgan fingerprint density at radius 3 is 2.50 bits per heavy atom. The van der Waals surface area contributed by atoms with Crippen LogP contribution in [-0.4, -0.2) is 37.0 Å². The van der Waals surface area contributed by atoms with E-state index in [-0.39, 0.29) is 11.7 Å². The van der Waals surface area contributed by atoms with E-state index in [1.54, 1.807) is 12.1 Å². The molecule has 0 bridgehead atoms. The molecule has 2 rings (SSSR count). The van der Waals surface area contributed by atoms with E-state index in [0.717, 1.165) is 31.7 Å². The maximum Gasteiger partial charge on any atom is 0.227 e. The molecule has 1 fully saturated rings. The van der Waals surface area contributed by atoms with E-state index in [1.165, 1.54) is 12.1 Å². The second-order valence-electron chi connectivity index (χ2n) is 3.93. The normalized spacial score (nSPS) is 16.2.